The van der Waals surface area contributed by atoms with Crippen molar-refractivity contribution in [2.24, 2.45) is 5.92 Å². The lowest BCUT2D eigenvalue weighted by molar-refractivity contribution is -0.119. The zero-order chi connectivity index (χ0) is 20.9. The van der Waals surface area contributed by atoms with E-state index in [0.29, 0.717) is 19.5 Å². The summed E-state index contributed by atoms with van der Waals surface area (Å²) in [6.07, 6.45) is 3.39. The summed E-state index contributed by atoms with van der Waals surface area (Å²) in [5.74, 6) is 0.0750. The summed E-state index contributed by atoms with van der Waals surface area (Å²) >= 11 is 0. The number of nitrogens with zero attached hydrogens (tertiary/aromatic N) is 1. The van der Waals surface area contributed by atoms with Gasteiger partial charge in [-0.1, -0.05) is 30.3 Å². The van der Waals surface area contributed by atoms with Crippen molar-refractivity contribution in [1.82, 2.24) is 10.2 Å². The first-order chi connectivity index (χ1) is 14.6. The third kappa shape index (κ3) is 4.97. The van der Waals surface area contributed by atoms with Gasteiger partial charge in [-0.3, -0.25) is 9.59 Å². The maximum atomic E-state index is 12.7. The van der Waals surface area contributed by atoms with Crippen LogP contribution in [0.15, 0.2) is 54.6 Å². The van der Waals surface area contributed by atoms with Crippen LogP contribution in [0.3, 0.4) is 0 Å². The van der Waals surface area contributed by atoms with E-state index >= 15 is 0 Å². The summed E-state index contributed by atoms with van der Waals surface area (Å²) in [5, 5.41) is 8.68. The molecular formula is C23H26N4O3. The summed E-state index contributed by atoms with van der Waals surface area (Å²) in [6, 6.07) is 16.0. The van der Waals surface area contributed by atoms with Crippen molar-refractivity contribution < 1.29 is 14.4 Å². The Morgan fingerprint density at radius 3 is 2.20 bits per heavy atom. The fourth-order valence-electron chi connectivity index (χ4n) is 3.60. The van der Waals surface area contributed by atoms with E-state index in [1.807, 2.05) is 54.6 Å². The van der Waals surface area contributed by atoms with E-state index in [2.05, 4.69) is 16.0 Å². The van der Waals surface area contributed by atoms with Crippen molar-refractivity contribution in [2.75, 3.05) is 17.2 Å². The maximum absolute atomic E-state index is 12.7. The minimum absolute atomic E-state index is 0.0740. The molecule has 0 aromatic heterocycles. The fourth-order valence-corrected chi connectivity index (χ4v) is 3.60. The van der Waals surface area contributed by atoms with Gasteiger partial charge in [0.2, 0.25) is 11.8 Å². The molecule has 1 aliphatic heterocycles. The molecule has 2 aliphatic rings. The van der Waals surface area contributed by atoms with E-state index in [4.69, 9.17) is 0 Å². The molecule has 3 N–H and O–H groups in total. The third-order valence-corrected chi connectivity index (χ3v) is 5.47. The van der Waals surface area contributed by atoms with Crippen LogP contribution in [0, 0.1) is 5.92 Å². The molecule has 2 fully saturated rings. The number of benzene rings is 2. The number of hydrogen-bond acceptors (Lipinski definition) is 3. The largest absolute Gasteiger partial charge is 0.334 e. The van der Waals surface area contributed by atoms with E-state index in [9.17, 15) is 14.4 Å². The van der Waals surface area contributed by atoms with Crippen molar-refractivity contribution in [2.45, 2.75) is 38.3 Å². The molecule has 0 spiro atoms. The second kappa shape index (κ2) is 8.98. The van der Waals surface area contributed by atoms with Gasteiger partial charge in [-0.05, 0) is 55.5 Å². The lowest BCUT2D eigenvalue weighted by atomic mass is 10.2. The van der Waals surface area contributed by atoms with Crippen LogP contribution in [0.2, 0.25) is 0 Å². The molecule has 0 bridgehead atoms. The number of carbonyl (C=O) groups is 3. The number of carbonyl (C=O) groups excluding carboxylic acids is 3. The molecule has 1 heterocycles. The zero-order valence-corrected chi connectivity index (χ0v) is 16.8. The molecule has 4 rings (SSSR count). The minimum atomic E-state index is -0.467. The Morgan fingerprint density at radius 1 is 0.833 bits per heavy atom. The molecule has 1 saturated heterocycles. The van der Waals surface area contributed by atoms with Crippen LogP contribution in [-0.4, -0.2) is 35.3 Å². The lowest BCUT2D eigenvalue weighted by Gasteiger charge is -2.24. The van der Waals surface area contributed by atoms with Crippen LogP contribution in [0.1, 0.15) is 31.2 Å². The first kappa shape index (κ1) is 19.9. The van der Waals surface area contributed by atoms with E-state index in [1.54, 1.807) is 4.90 Å². The second-order valence-electron chi connectivity index (χ2n) is 7.83. The fraction of sp³-hybridized carbons (Fsp3) is 0.348. The van der Waals surface area contributed by atoms with Crippen LogP contribution >= 0.6 is 0 Å². The molecule has 1 atom stereocenters. The van der Waals surface area contributed by atoms with E-state index in [1.165, 1.54) is 0 Å². The highest BCUT2D eigenvalue weighted by Gasteiger charge is 2.34. The van der Waals surface area contributed by atoms with Crippen LogP contribution in [-0.2, 0) is 16.1 Å². The highest BCUT2D eigenvalue weighted by molar-refractivity contribution is 5.97. The first-order valence-corrected chi connectivity index (χ1v) is 10.4. The number of anilines is 2. The maximum Gasteiger partial charge on any atom is 0.318 e. The molecule has 4 amide bonds. The average Bonchev–Trinajstić information content (AvgIpc) is 3.50. The van der Waals surface area contributed by atoms with E-state index in [0.717, 1.165) is 36.2 Å². The summed E-state index contributed by atoms with van der Waals surface area (Å²) in [7, 11) is 0. The number of nitrogens with one attached hydrogen (secondary N) is 3. The van der Waals surface area contributed by atoms with Crippen LogP contribution < -0.4 is 16.0 Å². The summed E-state index contributed by atoms with van der Waals surface area (Å²) in [6.45, 7) is 0.921. The van der Waals surface area contributed by atoms with Crippen molar-refractivity contribution >= 4 is 29.2 Å². The summed E-state index contributed by atoms with van der Waals surface area (Å²) < 4.78 is 0. The van der Waals surface area contributed by atoms with E-state index in [-0.39, 0.29) is 23.8 Å². The van der Waals surface area contributed by atoms with Gasteiger partial charge in [-0.2, -0.15) is 0 Å². The molecule has 1 saturated carbocycles. The van der Waals surface area contributed by atoms with Crippen molar-refractivity contribution in [1.29, 1.82) is 0 Å². The van der Waals surface area contributed by atoms with Gasteiger partial charge in [-0.15, -0.1) is 0 Å². The Balaban J connectivity index is 1.28. The van der Waals surface area contributed by atoms with Crippen LogP contribution in [0.4, 0.5) is 16.2 Å². The lowest BCUT2D eigenvalue weighted by Crippen LogP contribution is -2.47. The molecule has 7 nitrogen and oxygen atoms in total. The van der Waals surface area contributed by atoms with Gasteiger partial charge in [0.15, 0.2) is 0 Å². The molecule has 0 unspecified atom stereocenters. The Morgan fingerprint density at radius 2 is 1.50 bits per heavy atom. The zero-order valence-electron chi connectivity index (χ0n) is 16.8. The normalized spacial score (nSPS) is 18.0. The number of likely N-dealkylation sites (tertiary alicyclic amines) is 1. The Bertz CT molecular complexity index is 910. The van der Waals surface area contributed by atoms with Gasteiger partial charge >= 0.3 is 6.03 Å². The summed E-state index contributed by atoms with van der Waals surface area (Å²) in [5.41, 5.74) is 2.42. The van der Waals surface area contributed by atoms with Gasteiger partial charge in [0, 0.05) is 30.4 Å². The molecule has 7 heteroatoms. The second-order valence-corrected chi connectivity index (χ2v) is 7.83. The Hall–Kier alpha value is -3.35. The Kier molecular flexibility index (Phi) is 5.97. The predicted molar refractivity (Wildman–Crippen MR) is 115 cm³/mol. The number of para-hydroxylation sites is 1. The molecule has 156 valence electrons. The monoisotopic (exact) mass is 406 g/mol. The van der Waals surface area contributed by atoms with E-state index < -0.39 is 6.04 Å². The predicted octanol–water partition coefficient (Wildman–Crippen LogP) is 3.35. The van der Waals surface area contributed by atoms with Crippen molar-refractivity contribution in [3.05, 3.63) is 60.2 Å². The quantitative estimate of drug-likeness (QED) is 0.687. The van der Waals surface area contributed by atoms with Gasteiger partial charge < -0.3 is 20.9 Å². The van der Waals surface area contributed by atoms with Gasteiger partial charge in [-0.25, -0.2) is 4.79 Å². The molecule has 0 radical (unpaired) electrons. The van der Waals surface area contributed by atoms with Crippen molar-refractivity contribution in [3.63, 3.8) is 0 Å². The van der Waals surface area contributed by atoms with Gasteiger partial charge in [0.05, 0.1) is 0 Å². The smallest absolute Gasteiger partial charge is 0.318 e. The van der Waals surface area contributed by atoms with Crippen LogP contribution in [0.5, 0.6) is 0 Å². The molecule has 1 aliphatic carbocycles. The molecular weight excluding hydrogens is 380 g/mol. The number of hydrogen-bond donors (Lipinski definition) is 3. The first-order valence-electron chi connectivity index (χ1n) is 10.4. The number of urea groups is 1. The van der Waals surface area contributed by atoms with Gasteiger partial charge in [0.25, 0.3) is 0 Å². The van der Waals surface area contributed by atoms with Gasteiger partial charge in [0.1, 0.15) is 6.04 Å². The topological polar surface area (TPSA) is 90.5 Å². The minimum Gasteiger partial charge on any atom is -0.334 e. The molecule has 2 aromatic carbocycles. The number of amides is 4. The summed E-state index contributed by atoms with van der Waals surface area (Å²) in [4.78, 5) is 38.7. The SMILES string of the molecule is O=C(Nc1ccc(CNC(=O)N2CCC[C@H]2C(=O)Nc2ccccc2)cc1)C1CC1. The Labute approximate surface area is 175 Å². The van der Waals surface area contributed by atoms with Crippen LogP contribution in [0.25, 0.3) is 0 Å². The highest BCUT2D eigenvalue weighted by Crippen LogP contribution is 2.30. The molecule has 2 aromatic rings. The highest BCUT2D eigenvalue weighted by atomic mass is 16.2. The van der Waals surface area contributed by atoms with Crippen molar-refractivity contribution in [3.8, 4) is 0 Å². The number of rotatable bonds is 6. The average molecular weight is 406 g/mol. The molecule has 30 heavy (non-hydrogen) atoms. The standard InChI is InChI=1S/C23H26N4O3/c28-21(17-10-11-17)25-19-12-8-16(9-13-19)15-24-23(30)27-14-4-7-20(27)22(29)26-18-5-2-1-3-6-18/h1-3,5-6,8-9,12-13,17,20H,4,7,10-11,14-15H2,(H,24,30)(H,25,28)(H,26,29)/t20-/m0/s1. The third-order valence-electron chi connectivity index (χ3n) is 5.47.